The minimum absolute atomic E-state index is 0. The first-order valence-corrected chi connectivity index (χ1v) is 9.97. The van der Waals surface area contributed by atoms with E-state index in [0.29, 0.717) is 0 Å². The Bertz CT molecular complexity index is 15.5. The Morgan fingerprint density at radius 2 is 1.75 bits per heavy atom. The molecule has 0 amide bonds. The van der Waals surface area contributed by atoms with E-state index in [9.17, 15) is 0 Å². The second-order valence-corrected chi connectivity index (χ2v) is 3.37. The zero-order valence-corrected chi connectivity index (χ0v) is 9.05. The molecule has 0 rings (SSSR count). The van der Waals surface area contributed by atoms with Gasteiger partial charge in [-0.3, -0.25) is 0 Å². The van der Waals surface area contributed by atoms with Crippen LogP contribution in [-0.2, 0) is 1.70 Å². The molecular formula is BrLaOTb. The van der Waals surface area contributed by atoms with Crippen molar-refractivity contribution in [2.75, 3.05) is 0 Å². The van der Waals surface area contributed by atoms with Crippen molar-refractivity contribution in [2.24, 2.45) is 0 Å². The van der Waals surface area contributed by atoms with Crippen molar-refractivity contribution in [3.05, 3.63) is 0 Å². The first-order valence-electron chi connectivity index (χ1n) is 0.454. The molecule has 0 atom stereocenters. The molecule has 0 unspecified atom stereocenters. The molecule has 25 valence electrons. The minimum atomic E-state index is -1.44. The van der Waals surface area contributed by atoms with E-state index in [1.165, 1.54) is 0 Å². The quantitative estimate of drug-likeness (QED) is 0.593. The Morgan fingerprint density at radius 3 is 1.75 bits per heavy atom. The summed E-state index contributed by atoms with van der Waals surface area (Å²) in [5, 5.41) is 0. The molecule has 0 aliphatic rings. The van der Waals surface area contributed by atoms with Gasteiger partial charge >= 0.3 is 41.0 Å². The maximum absolute atomic E-state index is 9.06. The van der Waals surface area contributed by atoms with Crippen molar-refractivity contribution < 1.29 is 69.4 Å². The Hall–Kier alpha value is 2.76. The maximum atomic E-state index is 9.06. The molecule has 1 radical (unpaired) electrons. The maximum Gasteiger partial charge on any atom is 0 e. The molecule has 0 aromatic carbocycles. The number of rotatable bonds is 0. The fourth-order valence-corrected chi connectivity index (χ4v) is 0. The van der Waals surface area contributed by atoms with E-state index >= 15 is 0 Å². The van der Waals surface area contributed by atoms with E-state index < -0.39 is 29.1 Å². The first kappa shape index (κ1) is 9.90. The molecule has 0 N–H and O–H groups in total. The second kappa shape index (κ2) is 9.23. The Balaban J connectivity index is 0. The standard InChI is InChI=1S/BrH.La.O.Tb/h1H;;;/q;+1;;/p-1. The van der Waals surface area contributed by atoms with Crippen LogP contribution in [0.15, 0.2) is 0 Å². The average molecular weight is 394 g/mol. The van der Waals surface area contributed by atoms with Gasteiger partial charge in [-0.15, -0.1) is 0 Å². The zero-order chi connectivity index (χ0) is 2.71. The van der Waals surface area contributed by atoms with Crippen molar-refractivity contribution >= 4 is 10.2 Å². The van der Waals surface area contributed by atoms with Crippen LogP contribution in [0.5, 0.6) is 0 Å². The van der Waals surface area contributed by atoms with Gasteiger partial charge in [-0.25, -0.2) is 0 Å². The van der Waals surface area contributed by atoms with Gasteiger partial charge in [0, 0.05) is 38.6 Å². The summed E-state index contributed by atoms with van der Waals surface area (Å²) < 4.78 is 9.06. The van der Waals surface area contributed by atoms with Crippen molar-refractivity contribution in [3.8, 4) is 0 Å². The van der Waals surface area contributed by atoms with Crippen molar-refractivity contribution in [1.82, 2.24) is 0 Å². The van der Waals surface area contributed by atoms with Gasteiger partial charge in [0.15, 0.2) is 0 Å². The summed E-state index contributed by atoms with van der Waals surface area (Å²) in [6.07, 6.45) is 0. The summed E-state index contributed by atoms with van der Waals surface area (Å²) >= 11 is -1.44. The number of hydrogen-bond donors (Lipinski definition) is 0. The van der Waals surface area contributed by atoms with E-state index in [4.69, 9.17) is 1.70 Å². The first-order chi connectivity index (χ1) is 1.41. The van der Waals surface area contributed by atoms with Gasteiger partial charge in [0.2, 0.25) is 0 Å². The Labute approximate surface area is 77.3 Å². The van der Waals surface area contributed by atoms with Crippen molar-refractivity contribution in [1.29, 1.82) is 0 Å². The normalized spacial score (nSPS) is 2.25. The topological polar surface area (TPSA) is 17.1 Å². The van der Waals surface area contributed by atoms with Crippen LogP contribution in [0.1, 0.15) is 0 Å². The van der Waals surface area contributed by atoms with Crippen LogP contribution in [0.4, 0.5) is 0 Å². The van der Waals surface area contributed by atoms with Gasteiger partial charge in [0.25, 0.3) is 0 Å². The van der Waals surface area contributed by atoms with Crippen LogP contribution >= 0.6 is 10.2 Å². The van der Waals surface area contributed by atoms with Crippen LogP contribution in [0.25, 0.3) is 0 Å². The van der Waals surface area contributed by atoms with Gasteiger partial charge in [0.1, 0.15) is 0 Å². The molecule has 1 nitrogen and oxygen atoms in total. The Morgan fingerprint density at radius 1 is 1.75 bits per heavy atom. The van der Waals surface area contributed by atoms with Crippen LogP contribution in [0, 0.1) is 67.7 Å². The molecule has 4 heavy (non-hydrogen) atoms. The predicted molar refractivity (Wildman–Crippen MR) is 9.61 cm³/mol. The summed E-state index contributed by atoms with van der Waals surface area (Å²) in [6, 6.07) is 0. The third-order valence-corrected chi connectivity index (χ3v) is 0. The molecular weight excluding hydrogens is 394 g/mol. The van der Waals surface area contributed by atoms with E-state index in [1.807, 2.05) is 0 Å². The molecule has 0 saturated carbocycles. The molecule has 0 saturated heterocycles. The summed E-state index contributed by atoms with van der Waals surface area (Å²) in [5.41, 5.74) is 0. The molecule has 0 heterocycles. The van der Waals surface area contributed by atoms with Crippen LogP contribution in [0.2, 0.25) is 0 Å². The van der Waals surface area contributed by atoms with Crippen LogP contribution in [0.3, 0.4) is 0 Å². The molecule has 4 heteroatoms. The van der Waals surface area contributed by atoms with E-state index in [2.05, 4.69) is 10.2 Å². The van der Waals surface area contributed by atoms with Gasteiger partial charge in [-0.05, 0) is 0 Å². The smallest absolute Gasteiger partial charge is 0 e. The molecule has 0 aliphatic heterocycles. The average Bonchev–Trinajstić information content (AvgIpc) is 0.918. The van der Waals surface area contributed by atoms with E-state index in [1.54, 1.807) is 0 Å². The predicted octanol–water partition coefficient (Wildman–Crippen LogP) is 0.727. The summed E-state index contributed by atoms with van der Waals surface area (Å²) in [7, 11) is 2.80. The number of hydrogen-bond acceptors (Lipinski definition) is 1. The molecule has 0 bridgehead atoms. The SMILES string of the molecule is [O]=[La][Br].[Tb]. The van der Waals surface area contributed by atoms with Crippen LogP contribution in [-0.4, -0.2) is 0 Å². The number of halogens is 1. The fourth-order valence-electron chi connectivity index (χ4n) is 0. The molecule has 0 fully saturated rings. The zero-order valence-electron chi connectivity index (χ0n) is 1.70. The largest absolute Gasteiger partial charge is 0 e. The molecule has 0 spiro atoms. The summed E-state index contributed by atoms with van der Waals surface area (Å²) in [5.74, 6) is 0. The van der Waals surface area contributed by atoms with Gasteiger partial charge in [-0.1, -0.05) is 0 Å². The molecule has 0 aromatic rings. The van der Waals surface area contributed by atoms with Crippen LogP contribution < -0.4 is 0 Å². The third kappa shape index (κ3) is 8.83. The third-order valence-electron chi connectivity index (χ3n) is 0. The monoisotopic (exact) mass is 393 g/mol. The van der Waals surface area contributed by atoms with Gasteiger partial charge in [-0.2, -0.15) is 0 Å². The van der Waals surface area contributed by atoms with Crippen molar-refractivity contribution in [3.63, 3.8) is 0 Å². The molecule has 0 aromatic heterocycles. The van der Waals surface area contributed by atoms with Gasteiger partial charge in [0.05, 0.1) is 0 Å². The summed E-state index contributed by atoms with van der Waals surface area (Å²) in [6.45, 7) is 0. The van der Waals surface area contributed by atoms with E-state index in [0.717, 1.165) is 0 Å². The fraction of sp³-hybridized carbons (Fsp3) is 0. The minimum Gasteiger partial charge on any atom is 0 e. The van der Waals surface area contributed by atoms with Crippen molar-refractivity contribution in [2.45, 2.75) is 0 Å². The van der Waals surface area contributed by atoms with E-state index in [-0.39, 0.29) is 38.6 Å². The molecule has 0 aliphatic carbocycles. The Kier molecular flexibility index (Phi) is 22.8. The van der Waals surface area contributed by atoms with Gasteiger partial charge < -0.3 is 0 Å². The summed E-state index contributed by atoms with van der Waals surface area (Å²) in [4.78, 5) is 0. The second-order valence-electron chi connectivity index (χ2n) is 0.0891.